The largest absolute Gasteiger partial charge is 0.465 e. The summed E-state index contributed by atoms with van der Waals surface area (Å²) in [5, 5.41) is 10.4. The minimum Gasteiger partial charge on any atom is -0.465 e. The van der Waals surface area contributed by atoms with Gasteiger partial charge in [-0.3, -0.25) is 20.2 Å². The van der Waals surface area contributed by atoms with Crippen LogP contribution in [0.4, 0.5) is 21.0 Å². The van der Waals surface area contributed by atoms with Crippen LogP contribution in [0.5, 0.6) is 0 Å². The predicted molar refractivity (Wildman–Crippen MR) is 180 cm³/mol. The van der Waals surface area contributed by atoms with Crippen LogP contribution in [0.3, 0.4) is 0 Å². The molecule has 0 aliphatic heterocycles. The van der Waals surface area contributed by atoms with Crippen molar-refractivity contribution >= 4 is 47.3 Å². The van der Waals surface area contributed by atoms with Crippen molar-refractivity contribution in [1.29, 1.82) is 0 Å². The number of esters is 1. The zero-order chi connectivity index (χ0) is 35.5. The van der Waals surface area contributed by atoms with Crippen molar-refractivity contribution in [2.75, 3.05) is 12.4 Å². The molecule has 0 radical (unpaired) electrons. The summed E-state index contributed by atoms with van der Waals surface area (Å²) < 4.78 is 15.2. The summed E-state index contributed by atoms with van der Waals surface area (Å²) in [6.45, 7) is 10.2. The van der Waals surface area contributed by atoms with Gasteiger partial charge in [0, 0.05) is 17.7 Å². The highest BCUT2D eigenvalue weighted by atomic mass is 16.6. The number of anilines is 1. The summed E-state index contributed by atoms with van der Waals surface area (Å²) >= 11 is 0. The van der Waals surface area contributed by atoms with Gasteiger partial charge in [-0.1, -0.05) is 30.3 Å². The normalized spacial score (nSPS) is 11.6. The zero-order valence-corrected chi connectivity index (χ0v) is 28.0. The molecular weight excluding hydrogens is 618 g/mol. The Morgan fingerprint density at radius 1 is 0.708 bits per heavy atom. The number of benzene rings is 3. The van der Waals surface area contributed by atoms with E-state index in [-0.39, 0.29) is 23.5 Å². The molecule has 3 aromatic rings. The third kappa shape index (κ3) is 12.6. The summed E-state index contributed by atoms with van der Waals surface area (Å²) in [6, 6.07) is 20.4. The maximum absolute atomic E-state index is 13.5. The number of carbonyl (C=O) groups excluding carboxylic acids is 5. The lowest BCUT2D eigenvalue weighted by Gasteiger charge is -2.22. The number of guanidine groups is 1. The van der Waals surface area contributed by atoms with Crippen LogP contribution in [0.1, 0.15) is 67.8 Å². The van der Waals surface area contributed by atoms with Gasteiger partial charge in [0.25, 0.3) is 5.91 Å². The van der Waals surface area contributed by atoms with Gasteiger partial charge in [0.15, 0.2) is 0 Å². The minimum atomic E-state index is -0.958. The molecule has 13 nitrogen and oxygen atoms in total. The van der Waals surface area contributed by atoms with Gasteiger partial charge in [0.2, 0.25) is 11.9 Å². The maximum atomic E-state index is 13.5. The van der Waals surface area contributed by atoms with Gasteiger partial charge in [0.05, 0.1) is 18.4 Å². The Kier molecular flexibility index (Phi) is 12.4. The van der Waals surface area contributed by atoms with Crippen LogP contribution < -0.4 is 21.3 Å². The first-order chi connectivity index (χ1) is 22.5. The number of amides is 4. The van der Waals surface area contributed by atoms with Crippen molar-refractivity contribution < 1.29 is 38.2 Å². The number of hydrogen-bond acceptors (Lipinski definition) is 9. The Morgan fingerprint density at radius 2 is 1.23 bits per heavy atom. The number of aliphatic imine (C=N–C) groups is 1. The second-order valence-corrected chi connectivity index (χ2v) is 12.5. The number of rotatable bonds is 8. The highest BCUT2D eigenvalue weighted by molar-refractivity contribution is 6.03. The highest BCUT2D eigenvalue weighted by Gasteiger charge is 2.24. The first kappa shape index (κ1) is 36.7. The molecule has 0 unspecified atom stereocenters. The van der Waals surface area contributed by atoms with Gasteiger partial charge in [-0.05, 0) is 95.6 Å². The van der Waals surface area contributed by atoms with Crippen LogP contribution >= 0.6 is 0 Å². The molecular formula is C35H41N5O8. The van der Waals surface area contributed by atoms with Gasteiger partial charge in [-0.15, -0.1) is 0 Å². The molecule has 13 heteroatoms. The van der Waals surface area contributed by atoms with E-state index in [1.165, 1.54) is 31.4 Å². The third-order valence-corrected chi connectivity index (χ3v) is 6.09. The number of hydrogen-bond donors (Lipinski definition) is 4. The summed E-state index contributed by atoms with van der Waals surface area (Å²) in [5.74, 6) is -1.75. The molecule has 0 aromatic heterocycles. The van der Waals surface area contributed by atoms with Crippen LogP contribution in [0, 0.1) is 0 Å². The number of methoxy groups -OCH3 is 1. The molecule has 0 saturated heterocycles. The van der Waals surface area contributed by atoms with Crippen LogP contribution in [-0.2, 0) is 25.4 Å². The van der Waals surface area contributed by atoms with E-state index in [1.54, 1.807) is 65.8 Å². The van der Waals surface area contributed by atoms with Crippen LogP contribution in [-0.4, -0.2) is 60.3 Å². The fourth-order valence-electron chi connectivity index (χ4n) is 4.04. The molecule has 1 atom stereocenters. The predicted octanol–water partition coefficient (Wildman–Crippen LogP) is 5.49. The summed E-state index contributed by atoms with van der Waals surface area (Å²) in [7, 11) is 1.27. The minimum absolute atomic E-state index is 0.205. The lowest BCUT2D eigenvalue weighted by Crippen LogP contribution is -2.47. The van der Waals surface area contributed by atoms with Crippen molar-refractivity contribution in [1.82, 2.24) is 16.0 Å². The molecule has 4 amide bonds. The van der Waals surface area contributed by atoms with E-state index in [1.807, 2.05) is 30.3 Å². The van der Waals surface area contributed by atoms with E-state index >= 15 is 0 Å². The molecule has 0 fully saturated rings. The van der Waals surface area contributed by atoms with Gasteiger partial charge >= 0.3 is 18.2 Å². The lowest BCUT2D eigenvalue weighted by molar-refractivity contribution is -0.118. The van der Waals surface area contributed by atoms with Gasteiger partial charge in [0.1, 0.15) is 17.2 Å². The Labute approximate surface area is 279 Å². The SMILES string of the molecule is COC(=O)c1ccc(C(=O)N[C@H](Cc2ccccc2)C(=O)Nc2ccc(N=C(NC(=O)OC(C)(C)C)NC(=O)OC(C)(C)C)cc2)cc1. The topological polar surface area (TPSA) is 174 Å². The van der Waals surface area contributed by atoms with Crippen molar-refractivity contribution in [2.24, 2.45) is 4.99 Å². The summed E-state index contributed by atoms with van der Waals surface area (Å²) in [6.07, 6.45) is -1.48. The van der Waals surface area contributed by atoms with E-state index in [0.29, 0.717) is 11.4 Å². The van der Waals surface area contributed by atoms with Gasteiger partial charge in [-0.25, -0.2) is 19.4 Å². The van der Waals surface area contributed by atoms with E-state index in [9.17, 15) is 24.0 Å². The average Bonchev–Trinajstić information content (AvgIpc) is 2.99. The maximum Gasteiger partial charge on any atom is 0.414 e. The molecule has 0 heterocycles. The van der Waals surface area contributed by atoms with Crippen molar-refractivity contribution in [3.8, 4) is 0 Å². The third-order valence-electron chi connectivity index (χ3n) is 6.09. The van der Waals surface area contributed by atoms with E-state index in [4.69, 9.17) is 14.2 Å². The average molecular weight is 660 g/mol. The Hall–Kier alpha value is -5.72. The molecule has 0 spiro atoms. The number of alkyl carbamates (subject to hydrolysis) is 2. The molecule has 0 bridgehead atoms. The van der Waals surface area contributed by atoms with Crippen LogP contribution in [0.2, 0.25) is 0 Å². The van der Waals surface area contributed by atoms with Crippen molar-refractivity contribution in [3.63, 3.8) is 0 Å². The Balaban J connectivity index is 1.78. The second-order valence-electron chi connectivity index (χ2n) is 12.5. The molecule has 0 aliphatic carbocycles. The Morgan fingerprint density at radius 3 is 1.73 bits per heavy atom. The zero-order valence-electron chi connectivity index (χ0n) is 28.0. The molecule has 48 heavy (non-hydrogen) atoms. The van der Waals surface area contributed by atoms with Crippen molar-refractivity contribution in [2.45, 2.75) is 65.2 Å². The quantitative estimate of drug-likeness (QED) is 0.106. The smallest absolute Gasteiger partial charge is 0.414 e. The number of ether oxygens (including phenoxy) is 3. The second kappa shape index (κ2) is 16.2. The molecule has 254 valence electrons. The molecule has 0 saturated carbocycles. The summed E-state index contributed by atoms with van der Waals surface area (Å²) in [5.41, 5.74) is 0.489. The molecule has 3 rings (SSSR count). The van der Waals surface area contributed by atoms with Gasteiger partial charge < -0.3 is 24.8 Å². The van der Waals surface area contributed by atoms with E-state index in [2.05, 4.69) is 26.3 Å². The molecule has 4 N–H and O–H groups in total. The Bertz CT molecular complexity index is 1590. The van der Waals surface area contributed by atoms with Crippen molar-refractivity contribution in [3.05, 3.63) is 95.6 Å². The fraction of sp³-hybridized carbons (Fsp3) is 0.314. The molecule has 3 aromatic carbocycles. The lowest BCUT2D eigenvalue weighted by atomic mass is 10.0. The standard InChI is InChI=1S/C35H41N5O8/c1-34(2,3)47-32(44)39-31(40-33(45)48-35(4,5)6)37-26-19-17-25(18-20-26)36-29(42)27(21-22-11-9-8-10-12-22)38-28(41)23-13-15-24(16-14-23)30(43)46-7/h8-20,27H,21H2,1-7H3,(H,36,42)(H,38,41)(H2,37,39,40,44,45)/t27-/m1/s1. The molecule has 0 aliphatic rings. The van der Waals surface area contributed by atoms with Crippen LogP contribution in [0.15, 0.2) is 83.9 Å². The first-order valence-corrected chi connectivity index (χ1v) is 15.0. The van der Waals surface area contributed by atoms with E-state index < -0.39 is 47.2 Å². The summed E-state index contributed by atoms with van der Waals surface area (Å²) in [4.78, 5) is 67.5. The monoisotopic (exact) mass is 659 g/mol. The van der Waals surface area contributed by atoms with Crippen LogP contribution in [0.25, 0.3) is 0 Å². The van der Waals surface area contributed by atoms with E-state index in [0.717, 1.165) is 5.56 Å². The number of nitrogens with zero attached hydrogens (tertiary/aromatic N) is 1. The first-order valence-electron chi connectivity index (χ1n) is 15.0. The van der Waals surface area contributed by atoms with Gasteiger partial charge in [-0.2, -0.15) is 0 Å². The highest BCUT2D eigenvalue weighted by Crippen LogP contribution is 2.18. The number of nitrogens with one attached hydrogen (secondary N) is 4. The fourth-order valence-corrected chi connectivity index (χ4v) is 4.04. The number of carbonyl (C=O) groups is 5.